The molecule has 0 amide bonds. The Morgan fingerprint density at radius 2 is 2.50 bits per heavy atom. The van der Waals surface area contributed by atoms with Gasteiger partial charge in [-0.3, -0.25) is 4.79 Å². The molecular formula is C9H9ClN4O2. The van der Waals surface area contributed by atoms with Crippen molar-refractivity contribution in [2.75, 3.05) is 18.5 Å². The number of nitrogens with zero attached hydrogens (tertiary/aromatic N) is 3. The first-order valence-corrected chi connectivity index (χ1v) is 4.87. The van der Waals surface area contributed by atoms with Crippen LogP contribution >= 0.6 is 11.6 Å². The van der Waals surface area contributed by atoms with Crippen LogP contribution < -0.4 is 5.32 Å². The highest BCUT2D eigenvalue weighted by atomic mass is 35.5. The lowest BCUT2D eigenvalue weighted by Crippen LogP contribution is -2.18. The lowest BCUT2D eigenvalue weighted by molar-refractivity contribution is -0.140. The molecule has 0 bridgehead atoms. The van der Waals surface area contributed by atoms with Crippen LogP contribution in [0.2, 0.25) is 5.15 Å². The van der Waals surface area contributed by atoms with Gasteiger partial charge in [0.05, 0.1) is 12.8 Å². The molecule has 0 radical (unpaired) electrons. The number of carbonyl (C=O) groups is 1. The normalized spacial score (nSPS) is 9.31. The van der Waals surface area contributed by atoms with Crippen molar-refractivity contribution in [3.05, 3.63) is 16.9 Å². The minimum absolute atomic E-state index is 0.0452. The summed E-state index contributed by atoms with van der Waals surface area (Å²) in [6.45, 7) is 1.98. The van der Waals surface area contributed by atoms with E-state index in [1.165, 1.54) is 6.20 Å². The molecule has 0 saturated carbocycles. The summed E-state index contributed by atoms with van der Waals surface area (Å²) in [5, 5.41) is 11.3. The minimum Gasteiger partial charge on any atom is -0.465 e. The average Bonchev–Trinajstić information content (AvgIpc) is 2.27. The van der Waals surface area contributed by atoms with Crippen LogP contribution in [-0.4, -0.2) is 29.1 Å². The Morgan fingerprint density at radius 1 is 1.75 bits per heavy atom. The van der Waals surface area contributed by atoms with E-state index in [-0.39, 0.29) is 23.2 Å². The molecule has 0 aliphatic carbocycles. The van der Waals surface area contributed by atoms with Crippen molar-refractivity contribution in [2.45, 2.75) is 6.92 Å². The first-order chi connectivity index (χ1) is 7.67. The Bertz CT molecular complexity index is 430. The summed E-state index contributed by atoms with van der Waals surface area (Å²) in [5.74, 6) is -0.233. The van der Waals surface area contributed by atoms with Gasteiger partial charge in [-0.1, -0.05) is 11.6 Å². The summed E-state index contributed by atoms with van der Waals surface area (Å²) >= 11 is 5.68. The molecule has 1 heterocycles. The minimum atomic E-state index is -0.411. The summed E-state index contributed by atoms with van der Waals surface area (Å²) in [5.41, 5.74) is 0.184. The zero-order valence-corrected chi connectivity index (χ0v) is 9.28. The molecule has 1 N–H and O–H groups in total. The van der Waals surface area contributed by atoms with Crippen molar-refractivity contribution >= 4 is 23.5 Å². The highest BCUT2D eigenvalue weighted by Crippen LogP contribution is 2.12. The first kappa shape index (κ1) is 12.2. The monoisotopic (exact) mass is 240 g/mol. The Labute approximate surface area is 97.2 Å². The van der Waals surface area contributed by atoms with Crippen molar-refractivity contribution in [3.63, 3.8) is 0 Å². The third-order valence-electron chi connectivity index (χ3n) is 1.56. The van der Waals surface area contributed by atoms with Crippen LogP contribution in [-0.2, 0) is 9.53 Å². The molecule has 84 valence electrons. The molecule has 0 atom stereocenters. The molecule has 1 rings (SSSR count). The maximum Gasteiger partial charge on any atom is 0.325 e. The van der Waals surface area contributed by atoms with Gasteiger partial charge in [0.2, 0.25) is 5.95 Å². The molecular weight excluding hydrogens is 232 g/mol. The van der Waals surface area contributed by atoms with Crippen LogP contribution in [0.5, 0.6) is 0 Å². The number of esters is 1. The Hall–Kier alpha value is -1.87. The van der Waals surface area contributed by atoms with E-state index in [0.717, 1.165) is 0 Å². The first-order valence-electron chi connectivity index (χ1n) is 4.49. The van der Waals surface area contributed by atoms with Gasteiger partial charge in [0, 0.05) is 0 Å². The van der Waals surface area contributed by atoms with Crippen molar-refractivity contribution in [3.8, 4) is 6.07 Å². The number of nitriles is 1. The molecule has 0 aliphatic rings. The molecule has 0 spiro atoms. The number of ether oxygens (including phenoxy) is 1. The second kappa shape index (κ2) is 5.88. The molecule has 0 unspecified atom stereocenters. The van der Waals surface area contributed by atoms with Gasteiger partial charge in [0.15, 0.2) is 5.15 Å². The zero-order valence-electron chi connectivity index (χ0n) is 8.53. The Balaban J connectivity index is 2.59. The lowest BCUT2D eigenvalue weighted by Gasteiger charge is -2.04. The summed E-state index contributed by atoms with van der Waals surface area (Å²) in [4.78, 5) is 18.6. The van der Waals surface area contributed by atoms with E-state index in [1.54, 1.807) is 6.92 Å². The van der Waals surface area contributed by atoms with Crippen molar-refractivity contribution < 1.29 is 9.53 Å². The van der Waals surface area contributed by atoms with Crippen LogP contribution in [0.15, 0.2) is 6.20 Å². The van der Waals surface area contributed by atoms with E-state index < -0.39 is 5.97 Å². The number of anilines is 1. The fraction of sp³-hybridized carbons (Fsp3) is 0.333. The van der Waals surface area contributed by atoms with Gasteiger partial charge in [-0.05, 0) is 6.92 Å². The smallest absolute Gasteiger partial charge is 0.325 e. The predicted octanol–water partition coefficient (Wildman–Crippen LogP) is 0.977. The van der Waals surface area contributed by atoms with Crippen LogP contribution in [0.25, 0.3) is 0 Å². The molecule has 7 heteroatoms. The number of hydrogen-bond acceptors (Lipinski definition) is 6. The van der Waals surface area contributed by atoms with E-state index in [4.69, 9.17) is 21.6 Å². The molecule has 6 nitrogen and oxygen atoms in total. The quantitative estimate of drug-likeness (QED) is 0.623. The second-order valence-corrected chi connectivity index (χ2v) is 3.03. The van der Waals surface area contributed by atoms with Crippen LogP contribution in [0, 0.1) is 11.3 Å². The van der Waals surface area contributed by atoms with E-state index in [0.29, 0.717) is 6.61 Å². The number of halogens is 1. The molecule has 0 saturated heterocycles. The maximum atomic E-state index is 11.0. The van der Waals surface area contributed by atoms with Crippen LogP contribution in [0.1, 0.15) is 12.5 Å². The Kier molecular flexibility index (Phi) is 4.48. The third-order valence-corrected chi connectivity index (χ3v) is 1.85. The highest BCUT2D eigenvalue weighted by Gasteiger charge is 2.06. The number of carbonyl (C=O) groups excluding carboxylic acids is 1. The van der Waals surface area contributed by atoms with Crippen LogP contribution in [0.4, 0.5) is 5.95 Å². The maximum absolute atomic E-state index is 11.0. The molecule has 0 fully saturated rings. The van der Waals surface area contributed by atoms with E-state index in [2.05, 4.69) is 15.3 Å². The molecule has 0 aliphatic heterocycles. The topological polar surface area (TPSA) is 87.9 Å². The number of nitrogens with one attached hydrogen (secondary N) is 1. The van der Waals surface area contributed by atoms with Crippen molar-refractivity contribution in [1.82, 2.24) is 9.97 Å². The van der Waals surface area contributed by atoms with Gasteiger partial charge in [-0.2, -0.15) is 10.2 Å². The Morgan fingerprint density at radius 3 is 3.06 bits per heavy atom. The summed E-state index contributed by atoms with van der Waals surface area (Å²) in [6, 6.07) is 1.83. The molecule has 1 aromatic heterocycles. The highest BCUT2D eigenvalue weighted by molar-refractivity contribution is 6.30. The van der Waals surface area contributed by atoms with Gasteiger partial charge < -0.3 is 10.1 Å². The van der Waals surface area contributed by atoms with Crippen molar-refractivity contribution in [1.29, 1.82) is 5.26 Å². The molecule has 1 aromatic rings. The third kappa shape index (κ3) is 3.37. The largest absolute Gasteiger partial charge is 0.465 e. The van der Waals surface area contributed by atoms with Gasteiger partial charge in [0.25, 0.3) is 0 Å². The van der Waals surface area contributed by atoms with E-state index >= 15 is 0 Å². The van der Waals surface area contributed by atoms with E-state index in [1.807, 2.05) is 6.07 Å². The fourth-order valence-corrected chi connectivity index (χ4v) is 1.06. The SMILES string of the molecule is CCOC(=O)CNc1ncc(C#N)c(Cl)n1. The summed E-state index contributed by atoms with van der Waals surface area (Å²) in [7, 11) is 0. The standard InChI is InChI=1S/C9H9ClN4O2/c1-2-16-7(15)5-13-9-12-4-6(3-11)8(10)14-9/h4H,2,5H2,1H3,(H,12,13,14). The summed E-state index contributed by atoms with van der Waals surface area (Å²) in [6.07, 6.45) is 1.28. The van der Waals surface area contributed by atoms with Gasteiger partial charge >= 0.3 is 5.97 Å². The fourth-order valence-electron chi connectivity index (χ4n) is 0.884. The zero-order chi connectivity index (χ0) is 12.0. The molecule has 0 aromatic carbocycles. The lowest BCUT2D eigenvalue weighted by atomic mass is 10.4. The number of hydrogen-bond donors (Lipinski definition) is 1. The van der Waals surface area contributed by atoms with Crippen LogP contribution in [0.3, 0.4) is 0 Å². The molecule has 16 heavy (non-hydrogen) atoms. The average molecular weight is 241 g/mol. The van der Waals surface area contributed by atoms with Gasteiger partial charge in [-0.15, -0.1) is 0 Å². The number of aromatic nitrogens is 2. The second-order valence-electron chi connectivity index (χ2n) is 2.67. The van der Waals surface area contributed by atoms with E-state index in [9.17, 15) is 4.79 Å². The summed E-state index contributed by atoms with van der Waals surface area (Å²) < 4.78 is 4.70. The van der Waals surface area contributed by atoms with Crippen molar-refractivity contribution in [2.24, 2.45) is 0 Å². The predicted molar refractivity (Wildman–Crippen MR) is 56.9 cm³/mol. The van der Waals surface area contributed by atoms with Gasteiger partial charge in [0.1, 0.15) is 18.2 Å². The van der Waals surface area contributed by atoms with Gasteiger partial charge in [-0.25, -0.2) is 4.98 Å². The number of rotatable bonds is 4.